The van der Waals surface area contributed by atoms with Crippen LogP contribution < -0.4 is 10.8 Å². The highest BCUT2D eigenvalue weighted by atomic mass is 16.7. The molecule has 2 heterocycles. The molecular formula is C18H27BN2O4. The molecule has 0 radical (unpaired) electrons. The number of carbonyl (C=O) groups is 1. The molecular weight excluding hydrogens is 319 g/mol. The molecule has 136 valence electrons. The summed E-state index contributed by atoms with van der Waals surface area (Å²) >= 11 is 0. The van der Waals surface area contributed by atoms with Crippen LogP contribution in [0.15, 0.2) is 18.2 Å². The van der Waals surface area contributed by atoms with E-state index in [9.17, 15) is 4.79 Å². The SMILES string of the molecule is CNc1cc(B2OC(C)(C)C(C)(C)O2)ccc1C(=O)N1CCOCC1. The zero-order valence-electron chi connectivity index (χ0n) is 15.7. The largest absolute Gasteiger partial charge is 0.494 e. The first kappa shape index (κ1) is 18.2. The van der Waals surface area contributed by atoms with Gasteiger partial charge in [-0.3, -0.25) is 4.79 Å². The Morgan fingerprint density at radius 3 is 2.28 bits per heavy atom. The van der Waals surface area contributed by atoms with Gasteiger partial charge < -0.3 is 24.3 Å². The zero-order valence-corrected chi connectivity index (χ0v) is 15.7. The number of nitrogens with one attached hydrogen (secondary N) is 1. The minimum absolute atomic E-state index is 0.0214. The van der Waals surface area contributed by atoms with E-state index in [2.05, 4.69) is 5.32 Å². The van der Waals surface area contributed by atoms with Crippen molar-refractivity contribution in [1.82, 2.24) is 4.90 Å². The second kappa shape index (κ2) is 6.63. The highest BCUT2D eigenvalue weighted by molar-refractivity contribution is 6.62. The predicted octanol–water partition coefficient (Wildman–Crippen LogP) is 1.50. The lowest BCUT2D eigenvalue weighted by atomic mass is 9.78. The van der Waals surface area contributed by atoms with E-state index in [1.807, 2.05) is 57.8 Å². The second-order valence-corrected chi connectivity index (χ2v) is 7.55. The summed E-state index contributed by atoms with van der Waals surface area (Å²) in [5, 5.41) is 3.13. The number of amides is 1. The van der Waals surface area contributed by atoms with Crippen molar-refractivity contribution >= 4 is 24.2 Å². The fourth-order valence-electron chi connectivity index (χ4n) is 3.02. The fourth-order valence-corrected chi connectivity index (χ4v) is 3.02. The van der Waals surface area contributed by atoms with Gasteiger partial charge in [0.25, 0.3) is 5.91 Å². The van der Waals surface area contributed by atoms with Crippen LogP contribution in [-0.2, 0) is 14.0 Å². The van der Waals surface area contributed by atoms with Crippen molar-refractivity contribution in [2.45, 2.75) is 38.9 Å². The summed E-state index contributed by atoms with van der Waals surface area (Å²) in [5.74, 6) is 0.0214. The van der Waals surface area contributed by atoms with E-state index >= 15 is 0 Å². The third kappa shape index (κ3) is 3.41. The van der Waals surface area contributed by atoms with E-state index in [-0.39, 0.29) is 17.1 Å². The summed E-state index contributed by atoms with van der Waals surface area (Å²) in [6, 6.07) is 5.70. The van der Waals surface area contributed by atoms with E-state index in [0.717, 1.165) is 11.2 Å². The van der Waals surface area contributed by atoms with Crippen LogP contribution in [0.2, 0.25) is 0 Å². The molecule has 0 spiro atoms. The Kier molecular flexibility index (Phi) is 4.83. The molecule has 2 aliphatic heterocycles. The van der Waals surface area contributed by atoms with Gasteiger partial charge in [-0.2, -0.15) is 0 Å². The molecule has 7 heteroatoms. The molecule has 1 amide bonds. The number of hydrogen-bond acceptors (Lipinski definition) is 5. The van der Waals surface area contributed by atoms with Gasteiger partial charge in [-0.15, -0.1) is 0 Å². The number of hydrogen-bond donors (Lipinski definition) is 1. The van der Waals surface area contributed by atoms with Crippen LogP contribution in [0.25, 0.3) is 0 Å². The molecule has 2 fully saturated rings. The third-order valence-electron chi connectivity index (χ3n) is 5.37. The number of ether oxygens (including phenoxy) is 1. The lowest BCUT2D eigenvalue weighted by Gasteiger charge is -2.32. The molecule has 6 nitrogen and oxygen atoms in total. The van der Waals surface area contributed by atoms with Gasteiger partial charge in [0.05, 0.1) is 30.0 Å². The second-order valence-electron chi connectivity index (χ2n) is 7.55. The first-order valence-corrected chi connectivity index (χ1v) is 8.79. The molecule has 0 atom stereocenters. The van der Waals surface area contributed by atoms with Crippen molar-refractivity contribution in [3.05, 3.63) is 23.8 Å². The maximum absolute atomic E-state index is 12.8. The van der Waals surface area contributed by atoms with Crippen LogP contribution in [0.5, 0.6) is 0 Å². The van der Waals surface area contributed by atoms with E-state index in [4.69, 9.17) is 14.0 Å². The van der Waals surface area contributed by atoms with Crippen LogP contribution in [0.4, 0.5) is 5.69 Å². The van der Waals surface area contributed by atoms with Crippen molar-refractivity contribution in [1.29, 1.82) is 0 Å². The van der Waals surface area contributed by atoms with Crippen LogP contribution in [0.3, 0.4) is 0 Å². The Morgan fingerprint density at radius 2 is 1.72 bits per heavy atom. The van der Waals surface area contributed by atoms with Gasteiger partial charge in [0.2, 0.25) is 0 Å². The first-order valence-electron chi connectivity index (χ1n) is 8.79. The van der Waals surface area contributed by atoms with Crippen molar-refractivity contribution in [2.75, 3.05) is 38.7 Å². The molecule has 1 N–H and O–H groups in total. The highest BCUT2D eigenvalue weighted by Crippen LogP contribution is 2.36. The Morgan fingerprint density at radius 1 is 1.12 bits per heavy atom. The van der Waals surface area contributed by atoms with E-state index in [1.54, 1.807) is 0 Å². The van der Waals surface area contributed by atoms with Crippen molar-refractivity contribution in [3.8, 4) is 0 Å². The summed E-state index contributed by atoms with van der Waals surface area (Å²) in [4.78, 5) is 14.6. The Labute approximate surface area is 150 Å². The van der Waals surface area contributed by atoms with Gasteiger partial charge in [-0.25, -0.2) is 0 Å². The molecule has 1 aromatic carbocycles. The summed E-state index contributed by atoms with van der Waals surface area (Å²) in [5.41, 5.74) is 1.56. The molecule has 3 rings (SSSR count). The van der Waals surface area contributed by atoms with Gasteiger partial charge in [-0.1, -0.05) is 6.07 Å². The van der Waals surface area contributed by atoms with E-state index < -0.39 is 7.12 Å². The van der Waals surface area contributed by atoms with Gasteiger partial charge in [0.1, 0.15) is 0 Å². The fraction of sp³-hybridized carbons (Fsp3) is 0.611. The number of anilines is 1. The molecule has 1 aromatic rings. The Hall–Kier alpha value is -1.57. The smallest absolute Gasteiger partial charge is 0.399 e. The number of carbonyl (C=O) groups excluding carboxylic acids is 1. The normalized spacial score (nSPS) is 22.1. The first-order chi connectivity index (χ1) is 11.7. The number of morpholine rings is 1. The minimum Gasteiger partial charge on any atom is -0.399 e. The van der Waals surface area contributed by atoms with E-state index in [1.165, 1.54) is 0 Å². The van der Waals surface area contributed by atoms with E-state index in [0.29, 0.717) is 31.9 Å². The van der Waals surface area contributed by atoms with Crippen molar-refractivity contribution in [2.24, 2.45) is 0 Å². The summed E-state index contributed by atoms with van der Waals surface area (Å²) in [7, 11) is 1.38. The minimum atomic E-state index is -0.440. The van der Waals surface area contributed by atoms with Gasteiger partial charge in [-0.05, 0) is 45.3 Å². The molecule has 0 saturated carbocycles. The van der Waals surface area contributed by atoms with Crippen LogP contribution in [-0.4, -0.2) is 62.5 Å². The van der Waals surface area contributed by atoms with Gasteiger partial charge >= 0.3 is 7.12 Å². The molecule has 0 aliphatic carbocycles. The predicted molar refractivity (Wildman–Crippen MR) is 98.4 cm³/mol. The summed E-state index contributed by atoms with van der Waals surface area (Å²) in [6.45, 7) is 10.6. The summed E-state index contributed by atoms with van der Waals surface area (Å²) in [6.07, 6.45) is 0. The molecule has 0 aromatic heterocycles. The molecule has 25 heavy (non-hydrogen) atoms. The average molecular weight is 346 g/mol. The Balaban J connectivity index is 1.84. The lowest BCUT2D eigenvalue weighted by Crippen LogP contribution is -2.41. The average Bonchev–Trinajstić information content (AvgIpc) is 2.82. The monoisotopic (exact) mass is 346 g/mol. The molecule has 2 aliphatic rings. The topological polar surface area (TPSA) is 60.0 Å². The van der Waals surface area contributed by atoms with Crippen LogP contribution >= 0.6 is 0 Å². The Bertz CT molecular complexity index is 640. The number of benzene rings is 1. The zero-order chi connectivity index (χ0) is 18.2. The van der Waals surface area contributed by atoms with Crippen molar-refractivity contribution in [3.63, 3.8) is 0 Å². The maximum Gasteiger partial charge on any atom is 0.494 e. The van der Waals surface area contributed by atoms with Gasteiger partial charge in [0.15, 0.2) is 0 Å². The molecule has 2 saturated heterocycles. The standard InChI is InChI=1S/C18H27BN2O4/c1-17(2)18(3,4)25-19(24-17)13-6-7-14(15(12-13)20-5)16(22)21-8-10-23-11-9-21/h6-7,12,20H,8-11H2,1-5H3. The lowest BCUT2D eigenvalue weighted by molar-refractivity contribution is 0.00578. The van der Waals surface area contributed by atoms with Crippen LogP contribution in [0.1, 0.15) is 38.1 Å². The van der Waals surface area contributed by atoms with Crippen molar-refractivity contribution < 1.29 is 18.8 Å². The van der Waals surface area contributed by atoms with Crippen LogP contribution in [0, 0.1) is 0 Å². The number of rotatable bonds is 3. The molecule has 0 unspecified atom stereocenters. The molecule has 0 bridgehead atoms. The quantitative estimate of drug-likeness (QED) is 0.841. The third-order valence-corrected chi connectivity index (χ3v) is 5.37. The van der Waals surface area contributed by atoms with Gasteiger partial charge in [0, 0.05) is 25.8 Å². The highest BCUT2D eigenvalue weighted by Gasteiger charge is 2.51. The number of nitrogens with zero attached hydrogens (tertiary/aromatic N) is 1. The summed E-state index contributed by atoms with van der Waals surface area (Å²) < 4.78 is 17.5. The maximum atomic E-state index is 12.8.